The fourth-order valence-corrected chi connectivity index (χ4v) is 10.2. The largest absolute Gasteiger partial charge is 0.394 e. The van der Waals surface area contributed by atoms with Gasteiger partial charge < -0.3 is 89.9 Å². The van der Waals surface area contributed by atoms with E-state index in [-0.39, 0.29) is 18.9 Å². The van der Waals surface area contributed by atoms with Crippen molar-refractivity contribution in [3.8, 4) is 0 Å². The van der Waals surface area contributed by atoms with Crippen molar-refractivity contribution in [2.45, 2.75) is 311 Å². The zero-order chi connectivity index (χ0) is 54.8. The van der Waals surface area contributed by atoms with E-state index >= 15 is 0 Å². The molecule has 1 amide bonds. The Morgan fingerprint density at radius 3 is 1.25 bits per heavy atom. The van der Waals surface area contributed by atoms with Crippen molar-refractivity contribution < 1.29 is 89.4 Å². The summed E-state index contributed by atoms with van der Waals surface area (Å²) in [7, 11) is 0. The summed E-state index contributed by atoms with van der Waals surface area (Å²) in [6, 6.07) is -0.966. The van der Waals surface area contributed by atoms with Gasteiger partial charge in [-0.3, -0.25) is 4.79 Å². The van der Waals surface area contributed by atoms with Crippen molar-refractivity contribution in [1.82, 2.24) is 5.32 Å². The fourth-order valence-electron chi connectivity index (χ4n) is 10.2. The predicted molar refractivity (Wildman–Crippen MR) is 282 cm³/mol. The third-order valence-electron chi connectivity index (χ3n) is 15.1. The maximum absolute atomic E-state index is 13.3. The number of aliphatic hydroxyl groups excluding tert-OH is 11. The monoisotopic (exact) mass is 1080 g/mol. The van der Waals surface area contributed by atoms with Crippen LogP contribution in [0.25, 0.3) is 0 Å². The van der Waals surface area contributed by atoms with Crippen molar-refractivity contribution >= 4 is 5.91 Å². The van der Waals surface area contributed by atoms with Crippen LogP contribution in [0, 0.1) is 0 Å². The first-order chi connectivity index (χ1) is 36.3. The Bertz CT molecular complexity index is 1430. The summed E-state index contributed by atoms with van der Waals surface area (Å²) in [6.45, 7) is 1.72. The Morgan fingerprint density at radius 1 is 0.467 bits per heavy atom. The molecule has 19 nitrogen and oxygen atoms in total. The quantitative estimate of drug-likeness (QED) is 0.0293. The van der Waals surface area contributed by atoms with Crippen LogP contribution in [0.5, 0.6) is 0 Å². The van der Waals surface area contributed by atoms with Gasteiger partial charge in [-0.25, -0.2) is 0 Å². The lowest BCUT2D eigenvalue weighted by Gasteiger charge is -2.48. The number of hydrogen-bond donors (Lipinski definition) is 12. The van der Waals surface area contributed by atoms with Gasteiger partial charge in [0.15, 0.2) is 18.9 Å². The van der Waals surface area contributed by atoms with E-state index in [9.17, 15) is 61.0 Å². The first-order valence-corrected chi connectivity index (χ1v) is 29.4. The summed E-state index contributed by atoms with van der Waals surface area (Å²) in [4.78, 5) is 13.3. The van der Waals surface area contributed by atoms with Crippen molar-refractivity contribution in [3.63, 3.8) is 0 Å². The highest BCUT2D eigenvalue weighted by Gasteiger charge is 2.53. The number of unbranched alkanes of at least 4 members (excludes halogenated alkanes) is 27. The highest BCUT2D eigenvalue weighted by atomic mass is 16.8. The molecule has 12 N–H and O–H groups in total. The number of carbonyl (C=O) groups is 1. The molecule has 0 saturated carbocycles. The van der Waals surface area contributed by atoms with Gasteiger partial charge in [-0.2, -0.15) is 0 Å². The molecule has 0 radical (unpaired) electrons. The maximum atomic E-state index is 13.3. The number of amides is 1. The minimum Gasteiger partial charge on any atom is -0.394 e. The van der Waals surface area contributed by atoms with Crippen LogP contribution in [0.4, 0.5) is 0 Å². The number of rotatable bonds is 43. The standard InChI is InChI=1S/C56H105NO18/c1-3-5-7-9-11-13-15-17-19-21-23-25-27-29-31-33-40(61)39(57-44(62)34-32-30-28-26-24-22-20-18-16-14-12-10-8-6-4-2)38-70-54-50(68)47(65)52(42(36-59)72-54)75-56-51(69)48(66)53(43(37-60)73-56)74-55-49(67)46(64)45(63)41(35-58)71-55/h31,33,39-43,45-56,58-61,63-69H,3-30,32,34-38H2,1-2H3,(H,57,62)/b33-31+. The molecule has 17 atom stereocenters. The van der Waals surface area contributed by atoms with E-state index < -0.39 is 124 Å². The summed E-state index contributed by atoms with van der Waals surface area (Å²) in [5.74, 6) is -0.274. The summed E-state index contributed by atoms with van der Waals surface area (Å²) < 4.78 is 34.2. The van der Waals surface area contributed by atoms with E-state index in [1.807, 2.05) is 6.08 Å². The number of hydrogen-bond acceptors (Lipinski definition) is 18. The Balaban J connectivity index is 1.52. The predicted octanol–water partition coefficient (Wildman–Crippen LogP) is 4.60. The lowest BCUT2D eigenvalue weighted by Crippen LogP contribution is -2.66. The van der Waals surface area contributed by atoms with Gasteiger partial charge in [0.2, 0.25) is 5.91 Å². The second-order valence-electron chi connectivity index (χ2n) is 21.5. The number of nitrogens with one attached hydrogen (secondary N) is 1. The molecule has 0 aromatic carbocycles. The number of ether oxygens (including phenoxy) is 6. The Kier molecular flexibility index (Phi) is 36.8. The van der Waals surface area contributed by atoms with E-state index in [1.54, 1.807) is 6.08 Å². The maximum Gasteiger partial charge on any atom is 0.220 e. The fraction of sp³-hybridized carbons (Fsp3) is 0.946. The van der Waals surface area contributed by atoms with Gasteiger partial charge in [0.05, 0.1) is 38.6 Å². The molecule has 3 heterocycles. The molecule has 0 spiro atoms. The molecule has 3 fully saturated rings. The molecule has 75 heavy (non-hydrogen) atoms. The van der Waals surface area contributed by atoms with Gasteiger partial charge in [0.25, 0.3) is 0 Å². The first kappa shape index (κ1) is 67.8. The van der Waals surface area contributed by atoms with Gasteiger partial charge in [-0.15, -0.1) is 0 Å². The zero-order valence-corrected chi connectivity index (χ0v) is 45.8. The van der Waals surface area contributed by atoms with E-state index in [0.717, 1.165) is 44.9 Å². The van der Waals surface area contributed by atoms with Crippen LogP contribution in [0.2, 0.25) is 0 Å². The van der Waals surface area contributed by atoms with Crippen LogP contribution in [0.15, 0.2) is 12.2 Å². The molecule has 19 heteroatoms. The molecule has 0 aromatic rings. The average molecular weight is 1080 g/mol. The van der Waals surface area contributed by atoms with Crippen molar-refractivity contribution in [2.75, 3.05) is 26.4 Å². The third kappa shape index (κ3) is 25.3. The lowest BCUT2D eigenvalue weighted by atomic mass is 9.96. The molecule has 3 rings (SSSR count). The second kappa shape index (κ2) is 40.7. The Labute approximate surface area is 448 Å². The Morgan fingerprint density at radius 2 is 0.827 bits per heavy atom. The van der Waals surface area contributed by atoms with E-state index in [2.05, 4.69) is 19.2 Å². The summed E-state index contributed by atoms with van der Waals surface area (Å²) in [5.41, 5.74) is 0. The molecule has 17 unspecified atom stereocenters. The van der Waals surface area contributed by atoms with Gasteiger partial charge in [0.1, 0.15) is 73.2 Å². The first-order valence-electron chi connectivity index (χ1n) is 29.4. The summed E-state index contributed by atoms with van der Waals surface area (Å²) >= 11 is 0. The van der Waals surface area contributed by atoms with Gasteiger partial charge in [-0.1, -0.05) is 193 Å². The van der Waals surface area contributed by atoms with Crippen LogP contribution >= 0.6 is 0 Å². The van der Waals surface area contributed by atoms with Crippen LogP contribution in [0.1, 0.15) is 206 Å². The van der Waals surface area contributed by atoms with Gasteiger partial charge in [-0.05, 0) is 19.3 Å². The molecule has 3 aliphatic heterocycles. The molecule has 0 bridgehead atoms. The second-order valence-corrected chi connectivity index (χ2v) is 21.5. The minimum absolute atomic E-state index is 0.249. The number of allylic oxidation sites excluding steroid dienone is 1. The molecule has 3 aliphatic rings. The lowest BCUT2D eigenvalue weighted by molar-refractivity contribution is -0.379. The smallest absolute Gasteiger partial charge is 0.220 e. The summed E-state index contributed by atoms with van der Waals surface area (Å²) in [5, 5.41) is 120. The van der Waals surface area contributed by atoms with Crippen LogP contribution < -0.4 is 5.32 Å². The topological polar surface area (TPSA) is 307 Å². The third-order valence-corrected chi connectivity index (χ3v) is 15.1. The van der Waals surface area contributed by atoms with Crippen LogP contribution in [-0.2, 0) is 33.2 Å². The Hall–Kier alpha value is -1.47. The minimum atomic E-state index is -1.97. The number of carbonyl (C=O) groups excluding carboxylic acids is 1. The highest BCUT2D eigenvalue weighted by Crippen LogP contribution is 2.33. The molecule has 3 saturated heterocycles. The molecule has 442 valence electrons. The zero-order valence-electron chi connectivity index (χ0n) is 45.8. The number of aliphatic hydroxyl groups is 11. The van der Waals surface area contributed by atoms with Crippen LogP contribution in [0.3, 0.4) is 0 Å². The van der Waals surface area contributed by atoms with Crippen molar-refractivity contribution in [3.05, 3.63) is 12.2 Å². The SMILES string of the molecule is CCCCCCCCCCCCCCC/C=C/C(O)C(COC1OC(CO)C(OC2OC(CO)C(OC3OC(CO)C(O)C(O)C3O)C(O)C2O)C(O)C1O)NC(=O)CCCCCCCCCCCCCCCCC. The van der Waals surface area contributed by atoms with Crippen molar-refractivity contribution in [2.24, 2.45) is 0 Å². The van der Waals surface area contributed by atoms with E-state index in [1.165, 1.54) is 135 Å². The molecular formula is C56H105NO18. The van der Waals surface area contributed by atoms with Gasteiger partial charge >= 0.3 is 0 Å². The average Bonchev–Trinajstić information content (AvgIpc) is 3.41. The van der Waals surface area contributed by atoms with Gasteiger partial charge in [0, 0.05) is 6.42 Å². The molecular weight excluding hydrogens is 975 g/mol. The molecule has 0 aromatic heterocycles. The highest BCUT2D eigenvalue weighted by molar-refractivity contribution is 5.76. The summed E-state index contributed by atoms with van der Waals surface area (Å²) in [6.07, 6.45) is 11.9. The normalized spacial score (nSPS) is 31.2. The van der Waals surface area contributed by atoms with E-state index in [4.69, 9.17) is 28.4 Å². The van der Waals surface area contributed by atoms with Crippen LogP contribution in [-0.4, -0.2) is 193 Å². The van der Waals surface area contributed by atoms with E-state index in [0.29, 0.717) is 6.42 Å². The van der Waals surface area contributed by atoms with Crippen molar-refractivity contribution in [1.29, 1.82) is 0 Å². The molecule has 0 aliphatic carbocycles.